The minimum absolute atomic E-state index is 0. The highest BCUT2D eigenvalue weighted by Gasteiger charge is 2.20. The number of ether oxygens (including phenoxy) is 3. The Morgan fingerprint density at radius 3 is 2.62 bits per heavy atom. The van der Waals surface area contributed by atoms with Crippen LogP contribution in [0.15, 0.2) is 41.4 Å². The van der Waals surface area contributed by atoms with E-state index < -0.39 is 6.61 Å². The molecule has 2 aromatic rings. The number of hydrogen-bond acceptors (Lipinski definition) is 5. The summed E-state index contributed by atoms with van der Waals surface area (Å²) >= 11 is 0. The van der Waals surface area contributed by atoms with Crippen molar-refractivity contribution in [2.24, 2.45) is 4.99 Å². The highest BCUT2D eigenvalue weighted by atomic mass is 127. The summed E-state index contributed by atoms with van der Waals surface area (Å²) in [6.07, 6.45) is 0. The molecule has 0 fully saturated rings. The van der Waals surface area contributed by atoms with E-state index >= 15 is 0 Å². The maximum absolute atomic E-state index is 12.7. The lowest BCUT2D eigenvalue weighted by atomic mass is 10.1. The van der Waals surface area contributed by atoms with Crippen LogP contribution in [0.1, 0.15) is 16.7 Å². The molecule has 7 nitrogen and oxygen atoms in total. The zero-order valence-corrected chi connectivity index (χ0v) is 17.8. The lowest BCUT2D eigenvalue weighted by molar-refractivity contribution is -0.0505. The molecule has 1 heterocycles. The van der Waals surface area contributed by atoms with Gasteiger partial charge >= 0.3 is 6.61 Å². The van der Waals surface area contributed by atoms with Crippen LogP contribution < -0.4 is 24.8 Å². The number of nitrogens with one attached hydrogen (secondary N) is 2. The molecule has 0 spiro atoms. The number of guanidine groups is 1. The fraction of sp³-hybridized carbons (Fsp3) is 0.263. The number of rotatable bonds is 6. The standard InChI is InChI=1S/C19H18F2N4O3.HI/c1-23-19(24-9-13-4-2-3-12(5-13)8-22)25-10-14-6-16-17(27-11-26-16)7-15(14)28-18(20)21;/h2-7,18H,9-11H2,1H3,(H2,23,24,25);1H. The van der Waals surface area contributed by atoms with E-state index in [0.29, 0.717) is 35.1 Å². The molecule has 2 N–H and O–H groups in total. The molecule has 0 aliphatic carbocycles. The van der Waals surface area contributed by atoms with Crippen molar-refractivity contribution in [3.05, 3.63) is 53.1 Å². The van der Waals surface area contributed by atoms with Crippen LogP contribution in [-0.4, -0.2) is 26.4 Å². The van der Waals surface area contributed by atoms with E-state index in [0.717, 1.165) is 5.56 Å². The van der Waals surface area contributed by atoms with Crippen LogP contribution in [0.5, 0.6) is 17.2 Å². The van der Waals surface area contributed by atoms with Gasteiger partial charge in [-0.15, -0.1) is 24.0 Å². The number of nitrogens with zero attached hydrogens (tertiary/aromatic N) is 2. The highest BCUT2D eigenvalue weighted by Crippen LogP contribution is 2.38. The van der Waals surface area contributed by atoms with Crippen molar-refractivity contribution < 1.29 is 23.0 Å². The Hall–Kier alpha value is -2.81. The van der Waals surface area contributed by atoms with E-state index in [1.54, 1.807) is 31.3 Å². The minimum atomic E-state index is -2.95. The largest absolute Gasteiger partial charge is 0.454 e. The van der Waals surface area contributed by atoms with E-state index in [-0.39, 0.29) is 43.1 Å². The second-order valence-electron chi connectivity index (χ2n) is 5.78. The normalized spacial score (nSPS) is 12.2. The van der Waals surface area contributed by atoms with Gasteiger partial charge in [-0.05, 0) is 23.8 Å². The Kier molecular flexibility index (Phi) is 8.26. The number of halogens is 3. The Morgan fingerprint density at radius 2 is 1.93 bits per heavy atom. The summed E-state index contributed by atoms with van der Waals surface area (Å²) in [4.78, 5) is 4.11. The zero-order chi connectivity index (χ0) is 19.9. The average Bonchev–Trinajstić information content (AvgIpc) is 3.15. The monoisotopic (exact) mass is 516 g/mol. The summed E-state index contributed by atoms with van der Waals surface area (Å²) in [6.45, 7) is -2.30. The Labute approximate surface area is 183 Å². The second kappa shape index (κ2) is 10.7. The van der Waals surface area contributed by atoms with Crippen LogP contribution in [0.3, 0.4) is 0 Å². The smallest absolute Gasteiger partial charge is 0.387 e. The van der Waals surface area contributed by atoms with Gasteiger partial charge in [-0.1, -0.05) is 12.1 Å². The molecule has 0 amide bonds. The third-order valence-corrected chi connectivity index (χ3v) is 3.96. The maximum Gasteiger partial charge on any atom is 0.387 e. The predicted octanol–water partition coefficient (Wildman–Crippen LogP) is 3.37. The van der Waals surface area contributed by atoms with Crippen molar-refractivity contribution in [2.75, 3.05) is 13.8 Å². The predicted molar refractivity (Wildman–Crippen MR) is 113 cm³/mol. The zero-order valence-electron chi connectivity index (χ0n) is 15.4. The quantitative estimate of drug-likeness (QED) is 0.348. The van der Waals surface area contributed by atoms with Crippen LogP contribution in [0, 0.1) is 11.3 Å². The Balaban J connectivity index is 0.00000300. The molecule has 3 rings (SSSR count). The fourth-order valence-corrected chi connectivity index (χ4v) is 2.65. The van der Waals surface area contributed by atoms with Crippen molar-refractivity contribution in [3.8, 4) is 23.3 Å². The molecular formula is C19H19F2IN4O3. The van der Waals surface area contributed by atoms with Gasteiger partial charge in [0.25, 0.3) is 0 Å². The first-order chi connectivity index (χ1) is 13.6. The lowest BCUT2D eigenvalue weighted by Gasteiger charge is -2.15. The van der Waals surface area contributed by atoms with E-state index in [4.69, 9.17) is 14.7 Å². The molecule has 1 aliphatic rings. The van der Waals surface area contributed by atoms with Gasteiger partial charge < -0.3 is 24.8 Å². The molecule has 2 aromatic carbocycles. The van der Waals surface area contributed by atoms with Gasteiger partial charge in [-0.25, -0.2) is 0 Å². The molecule has 0 saturated carbocycles. The van der Waals surface area contributed by atoms with Crippen molar-refractivity contribution in [1.82, 2.24) is 10.6 Å². The molecule has 10 heteroatoms. The number of alkyl halides is 2. The molecule has 0 radical (unpaired) electrons. The van der Waals surface area contributed by atoms with Crippen molar-refractivity contribution in [2.45, 2.75) is 19.7 Å². The number of nitriles is 1. The van der Waals surface area contributed by atoms with Crippen LogP contribution in [-0.2, 0) is 13.1 Å². The first-order valence-electron chi connectivity index (χ1n) is 8.40. The third kappa shape index (κ3) is 6.08. The van der Waals surface area contributed by atoms with Crippen molar-refractivity contribution in [1.29, 1.82) is 5.26 Å². The maximum atomic E-state index is 12.7. The van der Waals surface area contributed by atoms with E-state index in [2.05, 4.69) is 26.4 Å². The molecule has 0 aromatic heterocycles. The van der Waals surface area contributed by atoms with Gasteiger partial charge in [0.1, 0.15) is 5.75 Å². The van der Waals surface area contributed by atoms with Gasteiger partial charge in [0, 0.05) is 31.8 Å². The topological polar surface area (TPSA) is 87.9 Å². The summed E-state index contributed by atoms with van der Waals surface area (Å²) in [5, 5.41) is 15.1. The van der Waals surface area contributed by atoms with E-state index in [1.807, 2.05) is 6.07 Å². The minimum Gasteiger partial charge on any atom is -0.454 e. The van der Waals surface area contributed by atoms with Crippen LogP contribution >= 0.6 is 24.0 Å². The summed E-state index contributed by atoms with van der Waals surface area (Å²) < 4.78 is 40.5. The molecule has 1 aliphatic heterocycles. The Bertz CT molecular complexity index is 919. The van der Waals surface area contributed by atoms with E-state index in [9.17, 15) is 8.78 Å². The van der Waals surface area contributed by atoms with Gasteiger partial charge in [-0.3, -0.25) is 4.99 Å². The summed E-state index contributed by atoms with van der Waals surface area (Å²) in [5.74, 6) is 1.29. The molecule has 0 atom stereocenters. The second-order valence-corrected chi connectivity index (χ2v) is 5.78. The van der Waals surface area contributed by atoms with Crippen LogP contribution in [0.25, 0.3) is 0 Å². The molecule has 154 valence electrons. The van der Waals surface area contributed by atoms with Gasteiger partial charge in [0.2, 0.25) is 6.79 Å². The van der Waals surface area contributed by atoms with Gasteiger partial charge in [0.15, 0.2) is 17.5 Å². The SMILES string of the molecule is CN=C(NCc1cccc(C#N)c1)NCc1cc2c(cc1OC(F)F)OCO2.I. The number of hydrogen-bond donors (Lipinski definition) is 2. The number of benzene rings is 2. The first kappa shape index (κ1) is 22.5. The highest BCUT2D eigenvalue weighted by molar-refractivity contribution is 14.0. The molecule has 0 saturated heterocycles. The summed E-state index contributed by atoms with van der Waals surface area (Å²) in [5.41, 5.74) is 1.95. The molecule has 29 heavy (non-hydrogen) atoms. The van der Waals surface area contributed by atoms with Crippen LogP contribution in [0.4, 0.5) is 8.78 Å². The first-order valence-corrected chi connectivity index (χ1v) is 8.40. The third-order valence-electron chi connectivity index (χ3n) is 3.96. The molecule has 0 unspecified atom stereocenters. The Morgan fingerprint density at radius 1 is 1.21 bits per heavy atom. The number of aliphatic imine (C=N–C) groups is 1. The lowest BCUT2D eigenvalue weighted by Crippen LogP contribution is -2.36. The van der Waals surface area contributed by atoms with Gasteiger partial charge in [-0.2, -0.15) is 14.0 Å². The van der Waals surface area contributed by atoms with Crippen LogP contribution in [0.2, 0.25) is 0 Å². The fourth-order valence-electron chi connectivity index (χ4n) is 2.65. The van der Waals surface area contributed by atoms with Gasteiger partial charge in [0.05, 0.1) is 11.6 Å². The summed E-state index contributed by atoms with van der Waals surface area (Å²) in [6, 6.07) is 12.2. The molecular weight excluding hydrogens is 497 g/mol. The molecule has 0 bridgehead atoms. The number of fused-ring (bicyclic) bond motifs is 1. The van der Waals surface area contributed by atoms with Crippen molar-refractivity contribution in [3.63, 3.8) is 0 Å². The summed E-state index contributed by atoms with van der Waals surface area (Å²) in [7, 11) is 1.59. The van der Waals surface area contributed by atoms with Crippen molar-refractivity contribution >= 4 is 29.9 Å². The van der Waals surface area contributed by atoms with E-state index in [1.165, 1.54) is 6.07 Å². The average molecular weight is 516 g/mol.